The number of carbonyl (C=O) groups excluding carboxylic acids is 3. The Hall–Kier alpha value is -1.19. The predicted molar refractivity (Wildman–Crippen MR) is 132 cm³/mol. The molecule has 0 amide bonds. The molecule has 0 aliphatic heterocycles. The van der Waals surface area contributed by atoms with Crippen molar-refractivity contribution in [2.24, 2.45) is 56.7 Å². The van der Waals surface area contributed by atoms with Gasteiger partial charge in [0.1, 0.15) is 11.6 Å². The third kappa shape index (κ3) is 2.75. The molecule has 5 aliphatic carbocycles. The molecule has 0 heterocycles. The molecule has 5 rings (SSSR count). The maximum absolute atomic E-state index is 13.3. The highest BCUT2D eigenvalue weighted by atomic mass is 16.5. The van der Waals surface area contributed by atoms with Crippen molar-refractivity contribution >= 4 is 17.5 Å². The van der Waals surface area contributed by atoms with Gasteiger partial charge in [0.05, 0.1) is 12.5 Å². The first kappa shape index (κ1) is 24.5. The van der Waals surface area contributed by atoms with Crippen LogP contribution in [-0.4, -0.2) is 24.6 Å². The van der Waals surface area contributed by atoms with Gasteiger partial charge in [-0.15, -0.1) is 0 Å². The Labute approximate surface area is 206 Å². The zero-order valence-corrected chi connectivity index (χ0v) is 22.6. The molecule has 9 atom stereocenters. The van der Waals surface area contributed by atoms with Crippen molar-refractivity contribution in [3.8, 4) is 0 Å². The van der Waals surface area contributed by atoms with Crippen LogP contribution in [0.3, 0.4) is 0 Å². The fourth-order valence-electron chi connectivity index (χ4n) is 11.4. The number of esters is 1. The summed E-state index contributed by atoms with van der Waals surface area (Å²) in [6.07, 6.45) is 9.80. The van der Waals surface area contributed by atoms with E-state index in [4.69, 9.17) is 4.74 Å². The van der Waals surface area contributed by atoms with E-state index in [-0.39, 0.29) is 45.2 Å². The molecule has 0 saturated heterocycles. The third-order valence-corrected chi connectivity index (χ3v) is 13.3. The van der Waals surface area contributed by atoms with E-state index in [2.05, 4.69) is 34.6 Å². The van der Waals surface area contributed by atoms with Gasteiger partial charge in [-0.05, 0) is 105 Å². The zero-order valence-electron chi connectivity index (χ0n) is 22.6. The summed E-state index contributed by atoms with van der Waals surface area (Å²) in [6, 6.07) is 0. The molecule has 0 aromatic heterocycles. The van der Waals surface area contributed by atoms with Crippen LogP contribution in [0.2, 0.25) is 0 Å². The number of hydrogen-bond donors (Lipinski definition) is 0. The summed E-state index contributed by atoms with van der Waals surface area (Å²) in [4.78, 5) is 39.0. The van der Waals surface area contributed by atoms with Gasteiger partial charge in [0.25, 0.3) is 0 Å². The lowest BCUT2D eigenvalue weighted by molar-refractivity contribution is -0.236. The van der Waals surface area contributed by atoms with Crippen LogP contribution in [0.5, 0.6) is 0 Å². The highest BCUT2D eigenvalue weighted by Crippen LogP contribution is 2.77. The lowest BCUT2D eigenvalue weighted by atomic mass is 9.32. The van der Waals surface area contributed by atoms with Gasteiger partial charge in [-0.3, -0.25) is 14.4 Å². The first-order valence-electron chi connectivity index (χ1n) is 13.9. The van der Waals surface area contributed by atoms with Crippen LogP contribution in [0.1, 0.15) is 106 Å². The van der Waals surface area contributed by atoms with E-state index in [0.29, 0.717) is 30.0 Å². The summed E-state index contributed by atoms with van der Waals surface area (Å²) in [5.41, 5.74) is -0.243. The lowest BCUT2D eigenvalue weighted by Gasteiger charge is -2.72. The van der Waals surface area contributed by atoms with E-state index in [1.54, 1.807) is 6.92 Å². The standard InChI is InChI=1S/C30H46O4/c1-18(31)19-10-15-30(25(33)34-7)17-16-28(5)20(24(19)30)8-9-22-27(4)13-12-23(32)26(2,3)21(27)11-14-29(22,28)6/h19-22,24H,8-17H2,1-7H3/t19-,20+,21+,22-,24+,27-,28+,29+,30-/m0/s1. The molecule has 0 N–H and O–H groups in total. The molecule has 4 nitrogen and oxygen atoms in total. The Morgan fingerprint density at radius 2 is 1.53 bits per heavy atom. The van der Waals surface area contributed by atoms with Crippen molar-refractivity contribution in [3.63, 3.8) is 0 Å². The Morgan fingerprint density at radius 1 is 0.824 bits per heavy atom. The first-order valence-corrected chi connectivity index (χ1v) is 13.9. The van der Waals surface area contributed by atoms with Crippen LogP contribution in [0.25, 0.3) is 0 Å². The lowest BCUT2D eigenvalue weighted by Crippen LogP contribution is -2.66. The SMILES string of the molecule is COC(=O)[C@]12CC[C@@H](C(C)=O)[C@@H]1[C@H]1CC[C@H]3[C@@]4(C)CCC(=O)C(C)(C)[C@H]4CC[C@@]3(C)[C@]1(C)CC2. The third-order valence-electron chi connectivity index (χ3n) is 13.3. The van der Waals surface area contributed by atoms with Crippen molar-refractivity contribution in [2.75, 3.05) is 7.11 Å². The minimum atomic E-state index is -0.473. The van der Waals surface area contributed by atoms with E-state index in [1.807, 2.05) is 0 Å². The average Bonchev–Trinajstić information content (AvgIpc) is 3.18. The molecule has 5 aliphatic rings. The molecular formula is C30H46O4. The molecular weight excluding hydrogens is 424 g/mol. The van der Waals surface area contributed by atoms with E-state index in [0.717, 1.165) is 57.8 Å². The summed E-state index contributed by atoms with van der Waals surface area (Å²) in [6.45, 7) is 13.7. The molecule has 0 bridgehead atoms. The normalized spacial score (nSPS) is 51.5. The molecule has 0 radical (unpaired) electrons. The summed E-state index contributed by atoms with van der Waals surface area (Å²) in [5.74, 6) is 2.18. The van der Waals surface area contributed by atoms with Crippen LogP contribution >= 0.6 is 0 Å². The monoisotopic (exact) mass is 470 g/mol. The second kappa shape index (κ2) is 7.42. The van der Waals surface area contributed by atoms with Gasteiger partial charge in [-0.1, -0.05) is 34.6 Å². The van der Waals surface area contributed by atoms with Crippen molar-refractivity contribution in [1.82, 2.24) is 0 Å². The molecule has 0 aromatic carbocycles. The highest BCUT2D eigenvalue weighted by molar-refractivity contribution is 5.85. The van der Waals surface area contributed by atoms with Gasteiger partial charge in [0.15, 0.2) is 0 Å². The van der Waals surface area contributed by atoms with Gasteiger partial charge < -0.3 is 4.74 Å². The number of rotatable bonds is 2. The maximum Gasteiger partial charge on any atom is 0.312 e. The number of Topliss-reactive ketones (excluding diaryl/α,β-unsaturated/α-hetero) is 2. The van der Waals surface area contributed by atoms with Crippen LogP contribution in [0.4, 0.5) is 0 Å². The minimum Gasteiger partial charge on any atom is -0.469 e. The van der Waals surface area contributed by atoms with Crippen LogP contribution in [0.15, 0.2) is 0 Å². The average molecular weight is 471 g/mol. The van der Waals surface area contributed by atoms with E-state index in [9.17, 15) is 14.4 Å². The van der Waals surface area contributed by atoms with E-state index in [1.165, 1.54) is 7.11 Å². The van der Waals surface area contributed by atoms with Gasteiger partial charge in [0.2, 0.25) is 0 Å². The largest absolute Gasteiger partial charge is 0.469 e. The summed E-state index contributed by atoms with van der Waals surface area (Å²) in [5, 5.41) is 0. The summed E-state index contributed by atoms with van der Waals surface area (Å²) >= 11 is 0. The molecule has 0 spiro atoms. The van der Waals surface area contributed by atoms with Crippen molar-refractivity contribution in [1.29, 1.82) is 0 Å². The number of ketones is 2. The van der Waals surface area contributed by atoms with Crippen LogP contribution < -0.4 is 0 Å². The first-order chi connectivity index (χ1) is 15.8. The molecule has 5 saturated carbocycles. The fourth-order valence-corrected chi connectivity index (χ4v) is 11.4. The highest BCUT2D eigenvalue weighted by Gasteiger charge is 2.72. The molecule has 0 aromatic rings. The van der Waals surface area contributed by atoms with Crippen LogP contribution in [0, 0.1) is 56.7 Å². The quantitative estimate of drug-likeness (QED) is 0.438. The van der Waals surface area contributed by atoms with Crippen molar-refractivity contribution in [3.05, 3.63) is 0 Å². The van der Waals surface area contributed by atoms with Crippen molar-refractivity contribution < 1.29 is 19.1 Å². The van der Waals surface area contributed by atoms with E-state index < -0.39 is 5.41 Å². The number of methoxy groups -OCH3 is 1. The van der Waals surface area contributed by atoms with Gasteiger partial charge in [-0.2, -0.15) is 0 Å². The molecule has 4 heteroatoms. The van der Waals surface area contributed by atoms with Crippen LogP contribution in [-0.2, 0) is 19.1 Å². The Kier molecular flexibility index (Phi) is 5.34. The van der Waals surface area contributed by atoms with Gasteiger partial charge in [-0.25, -0.2) is 0 Å². The predicted octanol–water partition coefficient (Wildman–Crippen LogP) is 6.40. The number of fused-ring (bicyclic) bond motifs is 7. The minimum absolute atomic E-state index is 0.0120. The second-order valence-corrected chi connectivity index (χ2v) is 14.2. The molecule has 5 fully saturated rings. The maximum atomic E-state index is 13.3. The Morgan fingerprint density at radius 3 is 2.18 bits per heavy atom. The smallest absolute Gasteiger partial charge is 0.312 e. The molecule has 190 valence electrons. The number of ether oxygens (including phenoxy) is 1. The topological polar surface area (TPSA) is 60.4 Å². The second-order valence-electron chi connectivity index (χ2n) is 14.2. The van der Waals surface area contributed by atoms with Crippen molar-refractivity contribution in [2.45, 2.75) is 106 Å². The van der Waals surface area contributed by atoms with E-state index >= 15 is 0 Å². The summed E-state index contributed by atoms with van der Waals surface area (Å²) < 4.78 is 5.40. The van der Waals surface area contributed by atoms with Gasteiger partial charge >= 0.3 is 5.97 Å². The molecule has 0 unspecified atom stereocenters. The van der Waals surface area contributed by atoms with Gasteiger partial charge in [0, 0.05) is 17.8 Å². The number of hydrogen-bond acceptors (Lipinski definition) is 4. The number of carbonyl (C=O) groups is 3. The zero-order chi connectivity index (χ0) is 24.9. The Bertz CT molecular complexity index is 921. The molecule has 34 heavy (non-hydrogen) atoms. The summed E-state index contributed by atoms with van der Waals surface area (Å²) in [7, 11) is 1.52. The fraction of sp³-hybridized carbons (Fsp3) is 0.900. The Balaban J connectivity index is 1.57.